The van der Waals surface area contributed by atoms with E-state index in [0.29, 0.717) is 28.2 Å². The number of hydrogen-bond donors (Lipinski definition) is 0. The van der Waals surface area contributed by atoms with E-state index in [4.69, 9.17) is 14.2 Å². The number of Topliss-reactive ketones (excluding diaryl/α,β-unsaturated/α-hetero) is 1. The van der Waals surface area contributed by atoms with Crippen LogP contribution < -0.4 is 19.3 Å². The number of nitrogens with zero attached hydrogens (tertiary/aromatic N) is 4. The van der Waals surface area contributed by atoms with Crippen LogP contribution in [0.3, 0.4) is 0 Å². The lowest BCUT2D eigenvalue weighted by Gasteiger charge is -2.32. The van der Waals surface area contributed by atoms with Crippen LogP contribution in [0.1, 0.15) is 96.1 Å². The molecule has 0 saturated heterocycles. The van der Waals surface area contributed by atoms with Crippen molar-refractivity contribution in [2.24, 2.45) is 0 Å². The fraction of sp³-hybridized carbons (Fsp3) is 0.255. The lowest BCUT2D eigenvalue weighted by molar-refractivity contribution is -0.117. The van der Waals surface area contributed by atoms with Gasteiger partial charge < -0.3 is 14.2 Å². The van der Waals surface area contributed by atoms with Gasteiger partial charge in [-0.1, -0.05) is 39.8 Å². The monoisotopic (exact) mass is 940 g/mol. The molecule has 0 fully saturated rings. The highest BCUT2D eigenvalue weighted by atomic mass is 19.2. The van der Waals surface area contributed by atoms with Crippen molar-refractivity contribution >= 4 is 46.3 Å². The molecule has 0 unspecified atom stereocenters. The van der Waals surface area contributed by atoms with Gasteiger partial charge in [0.05, 0.1) is 84.0 Å². The number of aryl methyl sites for hydroxylation is 2. The van der Waals surface area contributed by atoms with Crippen LogP contribution in [0.2, 0.25) is 0 Å². The van der Waals surface area contributed by atoms with Gasteiger partial charge in [-0.2, -0.15) is 0 Å². The molecule has 0 spiro atoms. The van der Waals surface area contributed by atoms with Crippen LogP contribution >= 0.6 is 0 Å². The SMILES string of the molecule is COC(=O)c1cc(F)c(-c2c(F)cccc2OC)c(F)c1N(C(C)=O)c1c(C)ccnc1C(C)C.COc1cccc(F)c1-c1c(F)cc2c(c1F)N(c1c(C)ccnc1C(C)C)C(=O)CC2=O. The third kappa shape index (κ3) is 8.99. The van der Waals surface area contributed by atoms with Crippen LogP contribution in [0.15, 0.2) is 73.1 Å². The molecular weight excluding hydrogens is 895 g/mol. The summed E-state index contributed by atoms with van der Waals surface area (Å²) in [5.74, 6) is -10.5. The molecule has 0 N–H and O–H groups in total. The van der Waals surface area contributed by atoms with E-state index in [0.717, 1.165) is 41.2 Å². The van der Waals surface area contributed by atoms with Crippen LogP contribution in [0.4, 0.5) is 49.1 Å². The molecule has 3 heterocycles. The highest BCUT2D eigenvalue weighted by Gasteiger charge is 2.40. The molecular formula is C51H46F6N4O7. The van der Waals surface area contributed by atoms with Gasteiger partial charge in [-0.3, -0.25) is 34.2 Å². The van der Waals surface area contributed by atoms with Crippen LogP contribution in [0, 0.1) is 48.8 Å². The Morgan fingerprint density at radius 2 is 1.16 bits per heavy atom. The van der Waals surface area contributed by atoms with Crippen LogP contribution in [0.25, 0.3) is 22.3 Å². The van der Waals surface area contributed by atoms with Gasteiger partial charge in [-0.05, 0) is 85.3 Å². The Morgan fingerprint density at radius 1 is 0.647 bits per heavy atom. The van der Waals surface area contributed by atoms with Crippen molar-refractivity contribution in [3.05, 3.63) is 142 Å². The number of carbonyl (C=O) groups excluding carboxylic acids is 4. The van der Waals surface area contributed by atoms with Gasteiger partial charge in [0, 0.05) is 24.9 Å². The summed E-state index contributed by atoms with van der Waals surface area (Å²) in [5, 5.41) is 0. The molecule has 7 rings (SSSR count). The highest BCUT2D eigenvalue weighted by molar-refractivity contribution is 6.23. The van der Waals surface area contributed by atoms with Crippen molar-refractivity contribution < 1.29 is 59.7 Å². The molecule has 0 bridgehead atoms. The standard InChI is InChI=1S/C26H25F3N2O4.C25H21F3N2O3/c1-13(2)23-24(14(3)10-11-30-23)31(15(4)32)25-16(26(33)35-6)12-18(28)21(22(25)29)20-17(27)8-7-9-19(20)34-5;1-12(2)23-24(13(3)8-9-29-23)30-19(32)11-17(31)14-10-16(27)21(22(28)25(14)30)20-15(26)6-5-7-18(20)33-4/h7-13H,1-6H3;5-10,12H,11H2,1-4H3. The molecule has 2 aromatic heterocycles. The number of carbonyl (C=O) groups is 4. The fourth-order valence-electron chi connectivity index (χ4n) is 8.09. The van der Waals surface area contributed by atoms with E-state index in [2.05, 4.69) is 9.97 Å². The second kappa shape index (κ2) is 20.1. The predicted molar refractivity (Wildman–Crippen MR) is 243 cm³/mol. The number of hydrogen-bond acceptors (Lipinski definition) is 9. The van der Waals surface area contributed by atoms with Crippen molar-refractivity contribution in [2.75, 3.05) is 31.1 Å². The number of halogens is 6. The largest absolute Gasteiger partial charge is 0.496 e. The van der Waals surface area contributed by atoms with Gasteiger partial charge in [0.25, 0.3) is 0 Å². The molecule has 2 amide bonds. The fourth-order valence-corrected chi connectivity index (χ4v) is 8.09. The minimum absolute atomic E-state index is 0.0896. The molecule has 1 aliphatic heterocycles. The first-order valence-corrected chi connectivity index (χ1v) is 21.1. The van der Waals surface area contributed by atoms with Gasteiger partial charge in [-0.25, -0.2) is 31.1 Å². The first-order chi connectivity index (χ1) is 32.2. The number of anilines is 4. The van der Waals surface area contributed by atoms with E-state index in [1.807, 2.05) is 27.7 Å². The smallest absolute Gasteiger partial charge is 0.340 e. The molecule has 68 heavy (non-hydrogen) atoms. The summed E-state index contributed by atoms with van der Waals surface area (Å²) in [6.45, 7) is 12.0. The zero-order valence-corrected chi connectivity index (χ0v) is 38.7. The molecule has 11 nitrogen and oxygen atoms in total. The minimum atomic E-state index is -1.33. The zero-order valence-electron chi connectivity index (χ0n) is 38.7. The van der Waals surface area contributed by atoms with Gasteiger partial charge >= 0.3 is 5.97 Å². The number of esters is 1. The molecule has 17 heteroatoms. The average Bonchev–Trinajstić information content (AvgIpc) is 3.28. The van der Waals surface area contributed by atoms with Crippen molar-refractivity contribution in [3.8, 4) is 33.8 Å². The Kier molecular flexibility index (Phi) is 14.8. The molecule has 0 aliphatic carbocycles. The minimum Gasteiger partial charge on any atom is -0.496 e. The lowest BCUT2D eigenvalue weighted by Crippen LogP contribution is -2.36. The quantitative estimate of drug-likeness (QED) is 0.0749. The van der Waals surface area contributed by atoms with Crippen LogP contribution in [-0.2, 0) is 14.3 Å². The maximum atomic E-state index is 16.3. The number of aromatic nitrogens is 2. The average molecular weight is 941 g/mol. The van der Waals surface area contributed by atoms with Crippen molar-refractivity contribution in [1.82, 2.24) is 9.97 Å². The number of methoxy groups -OCH3 is 3. The molecule has 0 saturated carbocycles. The van der Waals surface area contributed by atoms with Crippen LogP contribution in [0.5, 0.6) is 11.5 Å². The van der Waals surface area contributed by atoms with E-state index in [1.165, 1.54) is 45.4 Å². The molecule has 6 aromatic rings. The third-order valence-electron chi connectivity index (χ3n) is 11.2. The molecule has 1 aliphatic rings. The number of fused-ring (bicyclic) bond motifs is 1. The van der Waals surface area contributed by atoms with Crippen molar-refractivity contribution in [1.29, 1.82) is 0 Å². The number of pyridine rings is 2. The molecule has 0 radical (unpaired) electrons. The van der Waals surface area contributed by atoms with Crippen molar-refractivity contribution in [2.45, 2.75) is 66.7 Å². The Balaban J connectivity index is 0.000000224. The summed E-state index contributed by atoms with van der Waals surface area (Å²) in [6, 6.07) is 12.3. The molecule has 0 atom stereocenters. The third-order valence-corrected chi connectivity index (χ3v) is 11.2. The first kappa shape index (κ1) is 49.9. The Bertz CT molecular complexity index is 3010. The van der Waals surface area contributed by atoms with E-state index in [-0.39, 0.29) is 34.6 Å². The second-order valence-electron chi connectivity index (χ2n) is 16.2. The molecule has 354 valence electrons. The second-order valence-corrected chi connectivity index (χ2v) is 16.2. The Hall–Kier alpha value is -7.56. The van der Waals surface area contributed by atoms with Gasteiger partial charge in [0.2, 0.25) is 11.8 Å². The van der Waals surface area contributed by atoms with E-state index < -0.39 is 104 Å². The van der Waals surface area contributed by atoms with Gasteiger partial charge in [-0.15, -0.1) is 0 Å². The van der Waals surface area contributed by atoms with Crippen LogP contribution in [-0.4, -0.2) is 54.9 Å². The summed E-state index contributed by atoms with van der Waals surface area (Å²) in [4.78, 5) is 62.1. The lowest BCUT2D eigenvalue weighted by atomic mass is 9.92. The number of amides is 2. The number of ketones is 1. The van der Waals surface area contributed by atoms with E-state index >= 15 is 17.6 Å². The Labute approximate surface area is 388 Å². The number of rotatable bonds is 10. The highest BCUT2D eigenvalue weighted by Crippen LogP contribution is 2.47. The maximum absolute atomic E-state index is 16.3. The topological polar surface area (TPSA) is 128 Å². The Morgan fingerprint density at radius 3 is 1.68 bits per heavy atom. The summed E-state index contributed by atoms with van der Waals surface area (Å²) >= 11 is 0. The first-order valence-electron chi connectivity index (χ1n) is 21.1. The summed E-state index contributed by atoms with van der Waals surface area (Å²) in [5.41, 5.74) is -1.57. The predicted octanol–water partition coefficient (Wildman–Crippen LogP) is 11.9. The summed E-state index contributed by atoms with van der Waals surface area (Å²) in [7, 11) is 3.52. The number of ether oxygens (including phenoxy) is 3. The van der Waals surface area contributed by atoms with Gasteiger partial charge in [0.1, 0.15) is 40.5 Å². The maximum Gasteiger partial charge on any atom is 0.340 e. The summed E-state index contributed by atoms with van der Waals surface area (Å²) in [6.07, 6.45) is 2.57. The molecule has 4 aromatic carbocycles. The van der Waals surface area contributed by atoms with E-state index in [1.54, 1.807) is 38.4 Å². The van der Waals surface area contributed by atoms with Gasteiger partial charge in [0.15, 0.2) is 17.4 Å². The van der Waals surface area contributed by atoms with Crippen molar-refractivity contribution in [3.63, 3.8) is 0 Å². The zero-order chi connectivity index (χ0) is 50.0. The van der Waals surface area contributed by atoms with E-state index in [9.17, 15) is 28.0 Å². The number of benzene rings is 4. The normalized spacial score (nSPS) is 12.2. The summed E-state index contributed by atoms with van der Waals surface area (Å²) < 4.78 is 108.